The minimum Gasteiger partial charge on any atom is -0.392 e. The minimum atomic E-state index is -3.94. The van der Waals surface area contributed by atoms with Crippen LogP contribution in [-0.4, -0.2) is 56.6 Å². The van der Waals surface area contributed by atoms with Gasteiger partial charge in [-0.2, -0.15) is 4.72 Å². The normalized spacial score (nSPS) is 18.6. The molecule has 4 aromatic rings. The van der Waals surface area contributed by atoms with Crippen LogP contribution in [0.4, 0.5) is 0 Å². The Bertz CT molecular complexity index is 1760. The summed E-state index contributed by atoms with van der Waals surface area (Å²) in [6, 6.07) is 30.3. The lowest BCUT2D eigenvalue weighted by atomic mass is 9.99. The van der Waals surface area contributed by atoms with Crippen molar-refractivity contribution in [2.75, 3.05) is 20.1 Å². The lowest BCUT2D eigenvalue weighted by Gasteiger charge is -2.37. The third-order valence-corrected chi connectivity index (χ3v) is 10.0. The van der Waals surface area contributed by atoms with Gasteiger partial charge in [-0.05, 0) is 54.8 Å². The van der Waals surface area contributed by atoms with Gasteiger partial charge in [0.2, 0.25) is 15.9 Å². The molecule has 10 heteroatoms. The van der Waals surface area contributed by atoms with E-state index in [1.807, 2.05) is 98.9 Å². The molecule has 258 valence electrons. The molecule has 1 saturated heterocycles. The molecule has 0 aliphatic carbocycles. The summed E-state index contributed by atoms with van der Waals surface area (Å²) in [7, 11) is -1.91. The first-order valence-corrected chi connectivity index (χ1v) is 17.9. The average molecular weight is 684 g/mol. The van der Waals surface area contributed by atoms with Crippen LogP contribution >= 0.6 is 0 Å². The number of carbonyl (C=O) groups excluding carboxylic acids is 1. The van der Waals surface area contributed by atoms with Crippen LogP contribution in [0.15, 0.2) is 121 Å². The fraction of sp³-hybridized carbons (Fsp3) is 0.308. The number of benzene rings is 4. The van der Waals surface area contributed by atoms with E-state index in [0.717, 1.165) is 39.9 Å². The molecule has 49 heavy (non-hydrogen) atoms. The Labute approximate surface area is 289 Å². The van der Waals surface area contributed by atoms with Crippen molar-refractivity contribution in [3.05, 3.63) is 149 Å². The number of nitrogens with one attached hydrogen (secondary N) is 2. The molecule has 1 heterocycles. The van der Waals surface area contributed by atoms with Crippen LogP contribution in [0.5, 0.6) is 0 Å². The van der Waals surface area contributed by atoms with Crippen molar-refractivity contribution in [3.8, 4) is 0 Å². The van der Waals surface area contributed by atoms with Gasteiger partial charge in [0.15, 0.2) is 6.29 Å². The monoisotopic (exact) mass is 683 g/mol. The highest BCUT2D eigenvalue weighted by Crippen LogP contribution is 2.38. The highest BCUT2D eigenvalue weighted by atomic mass is 32.2. The molecule has 1 aliphatic heterocycles. The van der Waals surface area contributed by atoms with Gasteiger partial charge < -0.3 is 24.8 Å². The molecule has 0 spiro atoms. The number of hydrogen-bond acceptors (Lipinski definition) is 7. The fourth-order valence-corrected chi connectivity index (χ4v) is 6.99. The molecule has 4 aromatic carbocycles. The Morgan fingerprint density at radius 3 is 2.22 bits per heavy atom. The summed E-state index contributed by atoms with van der Waals surface area (Å²) in [5.74, 6) is -0.427. The molecule has 0 bridgehead atoms. The zero-order valence-corrected chi connectivity index (χ0v) is 28.8. The number of nitrogens with zero attached hydrogens (tertiary/aromatic N) is 1. The molecule has 0 radical (unpaired) electrons. The zero-order chi connectivity index (χ0) is 34.8. The Hall–Kier alpha value is -4.16. The predicted molar refractivity (Wildman–Crippen MR) is 190 cm³/mol. The van der Waals surface area contributed by atoms with E-state index < -0.39 is 28.3 Å². The molecular formula is C39H45N3O6S. The fourth-order valence-electron chi connectivity index (χ4n) is 5.79. The quantitative estimate of drug-likeness (QED) is 0.145. The maximum absolute atomic E-state index is 13.5. The van der Waals surface area contributed by atoms with E-state index >= 15 is 0 Å². The number of carbonyl (C=O) groups is 1. The van der Waals surface area contributed by atoms with Crippen molar-refractivity contribution in [3.63, 3.8) is 0 Å². The minimum absolute atomic E-state index is 0.0178. The van der Waals surface area contributed by atoms with Crippen molar-refractivity contribution < 1.29 is 27.8 Å². The van der Waals surface area contributed by atoms with Crippen LogP contribution in [0.2, 0.25) is 0 Å². The van der Waals surface area contributed by atoms with Crippen molar-refractivity contribution in [1.82, 2.24) is 14.9 Å². The van der Waals surface area contributed by atoms with Crippen molar-refractivity contribution in [2.45, 2.75) is 62.4 Å². The van der Waals surface area contributed by atoms with Gasteiger partial charge >= 0.3 is 0 Å². The average Bonchev–Trinajstić information content (AvgIpc) is 3.11. The largest absolute Gasteiger partial charge is 0.392 e. The number of ether oxygens (including phenoxy) is 2. The van der Waals surface area contributed by atoms with E-state index in [2.05, 4.69) is 21.5 Å². The molecule has 1 aliphatic rings. The zero-order valence-electron chi connectivity index (χ0n) is 28.0. The predicted octanol–water partition coefficient (Wildman–Crippen LogP) is 5.36. The number of aryl methyl sites for hydroxylation is 1. The number of aliphatic hydroxyl groups is 1. The molecule has 3 N–H and O–H groups in total. The summed E-state index contributed by atoms with van der Waals surface area (Å²) in [6.45, 7) is 7.36. The van der Waals surface area contributed by atoms with E-state index in [-0.39, 0.29) is 36.7 Å². The second kappa shape index (κ2) is 17.0. The van der Waals surface area contributed by atoms with E-state index in [4.69, 9.17) is 9.47 Å². The van der Waals surface area contributed by atoms with E-state index in [1.165, 1.54) is 12.1 Å². The molecule has 0 saturated carbocycles. The number of rotatable bonds is 15. The lowest BCUT2D eigenvalue weighted by molar-refractivity contribution is -0.252. The molecule has 1 amide bonds. The third kappa shape index (κ3) is 10.2. The second-order valence-corrected chi connectivity index (χ2v) is 14.2. The second-order valence-electron chi connectivity index (χ2n) is 12.5. The van der Waals surface area contributed by atoms with Gasteiger partial charge in [-0.15, -0.1) is 6.58 Å². The summed E-state index contributed by atoms with van der Waals surface area (Å²) in [4.78, 5) is 15.7. The van der Waals surface area contributed by atoms with Crippen molar-refractivity contribution in [2.24, 2.45) is 0 Å². The first-order chi connectivity index (χ1) is 23.6. The number of hydrogen-bond donors (Lipinski definition) is 3. The standard InChI is InChI=1S/C39H45N3O6S/c1-4-22-42(3)26-34-24-37(32-16-14-31(27-43)15-17-32)48-39(47-34)33-18-12-30(13-19-33)25-40-38(44)36(23-29-8-6-5-7-9-29)41-49(45,46)35-20-10-28(2)11-21-35/h4-21,34,36-37,39,41,43H,1,22-27H2,2-3H3,(H,40,44). The summed E-state index contributed by atoms with van der Waals surface area (Å²) < 4.78 is 42.0. The Morgan fingerprint density at radius 2 is 1.57 bits per heavy atom. The van der Waals surface area contributed by atoms with Gasteiger partial charge in [0.05, 0.1) is 23.7 Å². The topological polar surface area (TPSA) is 117 Å². The summed E-state index contributed by atoms with van der Waals surface area (Å²) >= 11 is 0. The lowest BCUT2D eigenvalue weighted by Crippen LogP contribution is -2.47. The summed E-state index contributed by atoms with van der Waals surface area (Å²) in [5.41, 5.74) is 5.32. The van der Waals surface area contributed by atoms with Gasteiger partial charge in [-0.1, -0.05) is 103 Å². The summed E-state index contributed by atoms with van der Waals surface area (Å²) in [6.07, 6.45) is 1.85. The Balaban J connectivity index is 1.27. The Morgan fingerprint density at radius 1 is 0.918 bits per heavy atom. The first kappa shape index (κ1) is 36.1. The number of likely N-dealkylation sites (N-methyl/N-ethyl adjacent to an activating group) is 1. The van der Waals surface area contributed by atoms with E-state index in [1.54, 1.807) is 12.1 Å². The summed E-state index contributed by atoms with van der Waals surface area (Å²) in [5, 5.41) is 12.4. The van der Waals surface area contributed by atoms with E-state index in [0.29, 0.717) is 13.0 Å². The van der Waals surface area contributed by atoms with Crippen LogP contribution in [-0.2, 0) is 43.9 Å². The molecule has 0 aromatic heterocycles. The molecule has 5 rings (SSSR count). The molecular weight excluding hydrogens is 639 g/mol. The first-order valence-electron chi connectivity index (χ1n) is 16.4. The van der Waals surface area contributed by atoms with Gasteiger partial charge in [0, 0.05) is 31.6 Å². The van der Waals surface area contributed by atoms with Gasteiger partial charge in [-0.3, -0.25) is 4.79 Å². The van der Waals surface area contributed by atoms with Gasteiger partial charge in [0.1, 0.15) is 6.04 Å². The van der Waals surface area contributed by atoms with Crippen LogP contribution in [0, 0.1) is 6.92 Å². The highest BCUT2D eigenvalue weighted by molar-refractivity contribution is 7.89. The number of aliphatic hydroxyl groups excluding tert-OH is 1. The maximum Gasteiger partial charge on any atom is 0.241 e. The van der Waals surface area contributed by atoms with E-state index in [9.17, 15) is 18.3 Å². The van der Waals surface area contributed by atoms with Crippen LogP contribution in [0.25, 0.3) is 0 Å². The van der Waals surface area contributed by atoms with Crippen LogP contribution in [0.3, 0.4) is 0 Å². The SMILES string of the molecule is C=CCN(C)CC1CC(c2ccc(CO)cc2)OC(c2ccc(CNC(=O)C(Cc3ccccc3)NS(=O)(=O)c3ccc(C)cc3)cc2)O1. The van der Waals surface area contributed by atoms with Crippen LogP contribution in [0.1, 0.15) is 52.2 Å². The molecule has 4 unspecified atom stereocenters. The smallest absolute Gasteiger partial charge is 0.241 e. The van der Waals surface area contributed by atoms with Crippen LogP contribution < -0.4 is 10.0 Å². The number of sulfonamides is 1. The Kier molecular flexibility index (Phi) is 12.5. The number of amides is 1. The molecule has 9 nitrogen and oxygen atoms in total. The molecule has 4 atom stereocenters. The van der Waals surface area contributed by atoms with Gasteiger partial charge in [0.25, 0.3) is 0 Å². The van der Waals surface area contributed by atoms with Gasteiger partial charge in [-0.25, -0.2) is 8.42 Å². The highest BCUT2D eigenvalue weighted by Gasteiger charge is 2.33. The molecule has 1 fully saturated rings. The van der Waals surface area contributed by atoms with Crippen molar-refractivity contribution >= 4 is 15.9 Å². The third-order valence-electron chi connectivity index (χ3n) is 8.52. The maximum atomic E-state index is 13.5. The van der Waals surface area contributed by atoms with Crippen molar-refractivity contribution in [1.29, 1.82) is 0 Å².